The van der Waals surface area contributed by atoms with Gasteiger partial charge in [0.1, 0.15) is 5.70 Å². The highest BCUT2D eigenvalue weighted by Crippen LogP contribution is 2.27. The molecular weight excluding hydrogens is 443 g/mol. The molecule has 2 aromatic carbocycles. The molecule has 2 heterocycles. The van der Waals surface area contributed by atoms with Crippen LogP contribution in [0, 0.1) is 5.92 Å². The molecule has 0 saturated carbocycles. The minimum atomic E-state index is -0.267. The Bertz CT molecular complexity index is 1180. The molecule has 4 nitrogen and oxygen atoms in total. The summed E-state index contributed by atoms with van der Waals surface area (Å²) >= 11 is 12.4. The van der Waals surface area contributed by atoms with Crippen molar-refractivity contribution in [2.45, 2.75) is 19.3 Å². The van der Waals surface area contributed by atoms with E-state index in [1.165, 1.54) is 16.2 Å². The fraction of sp³-hybridized carbons (Fsp3) is 0.231. The van der Waals surface area contributed by atoms with E-state index < -0.39 is 0 Å². The molecule has 1 amide bonds. The lowest BCUT2D eigenvalue weighted by Gasteiger charge is -2.33. The number of pyridine rings is 1. The summed E-state index contributed by atoms with van der Waals surface area (Å²) in [5.74, 6) is 0.363. The number of carbonyl (C=O) groups is 1. The second kappa shape index (κ2) is 10.2. The molecule has 0 bridgehead atoms. The van der Waals surface area contributed by atoms with E-state index in [2.05, 4.69) is 24.3 Å². The van der Waals surface area contributed by atoms with Crippen molar-refractivity contribution in [3.63, 3.8) is 0 Å². The number of piperidine rings is 1. The minimum Gasteiger partial charge on any atom is -0.337 e. The van der Waals surface area contributed by atoms with Gasteiger partial charge in [0.15, 0.2) is 0 Å². The van der Waals surface area contributed by atoms with Gasteiger partial charge in [-0.2, -0.15) is 0 Å². The SMILES string of the molecule is O=C(/C(=C\c1ccc(Cl)cc1Cl)n1ccccc1=O)N1CCC(Cc2ccccc2)CC1. The number of nitrogens with zero attached hydrogens (tertiary/aromatic N) is 2. The van der Waals surface area contributed by atoms with Gasteiger partial charge >= 0.3 is 0 Å². The third-order valence-corrected chi connectivity index (χ3v) is 6.39. The van der Waals surface area contributed by atoms with Crippen LogP contribution in [0.4, 0.5) is 0 Å². The molecular formula is C26H24Cl2N2O2. The first kappa shape index (κ1) is 22.4. The molecule has 1 aliphatic rings. The molecule has 164 valence electrons. The third-order valence-electron chi connectivity index (χ3n) is 5.82. The molecule has 1 fully saturated rings. The van der Waals surface area contributed by atoms with Crippen LogP contribution in [-0.2, 0) is 11.2 Å². The maximum Gasteiger partial charge on any atom is 0.270 e. The van der Waals surface area contributed by atoms with Crippen molar-refractivity contribution in [3.05, 3.63) is 104 Å². The van der Waals surface area contributed by atoms with Gasteiger partial charge in [-0.15, -0.1) is 0 Å². The summed E-state index contributed by atoms with van der Waals surface area (Å²) < 4.78 is 1.38. The van der Waals surface area contributed by atoms with Crippen molar-refractivity contribution >= 4 is 40.9 Å². The molecule has 1 aliphatic heterocycles. The Morgan fingerprint density at radius 3 is 2.38 bits per heavy atom. The number of benzene rings is 2. The van der Waals surface area contributed by atoms with Crippen molar-refractivity contribution in [1.29, 1.82) is 0 Å². The standard InChI is InChI=1S/C26H24Cl2N2O2/c27-22-10-9-21(23(28)18-22)17-24(30-13-5-4-8-25(30)31)26(32)29-14-11-20(12-15-29)16-19-6-2-1-3-7-19/h1-10,13,17-18,20H,11-12,14-16H2/b24-17+. The fourth-order valence-corrected chi connectivity index (χ4v) is 4.54. The lowest BCUT2D eigenvalue weighted by molar-refractivity contribution is -0.126. The molecule has 32 heavy (non-hydrogen) atoms. The van der Waals surface area contributed by atoms with E-state index in [-0.39, 0.29) is 17.2 Å². The van der Waals surface area contributed by atoms with Gasteiger partial charge in [-0.25, -0.2) is 0 Å². The van der Waals surface area contributed by atoms with Gasteiger partial charge in [-0.05, 0) is 60.6 Å². The van der Waals surface area contributed by atoms with Crippen LogP contribution in [0.15, 0.2) is 77.7 Å². The normalized spacial score (nSPS) is 15.1. The molecule has 0 radical (unpaired) electrons. The predicted octanol–water partition coefficient (Wildman–Crippen LogP) is 5.63. The number of halogens is 2. The van der Waals surface area contributed by atoms with Crippen LogP contribution < -0.4 is 5.56 Å². The summed E-state index contributed by atoms with van der Waals surface area (Å²) in [6, 6.07) is 20.4. The number of carbonyl (C=O) groups excluding carboxylic acids is 1. The Morgan fingerprint density at radius 2 is 1.69 bits per heavy atom. The Balaban J connectivity index is 1.57. The zero-order valence-electron chi connectivity index (χ0n) is 17.6. The maximum atomic E-state index is 13.5. The zero-order valence-corrected chi connectivity index (χ0v) is 19.1. The van der Waals surface area contributed by atoms with Crippen molar-refractivity contribution in [1.82, 2.24) is 9.47 Å². The van der Waals surface area contributed by atoms with Gasteiger partial charge in [-0.3, -0.25) is 14.2 Å². The van der Waals surface area contributed by atoms with Crippen LogP contribution in [0.3, 0.4) is 0 Å². The van der Waals surface area contributed by atoms with Crippen LogP contribution in [-0.4, -0.2) is 28.5 Å². The van der Waals surface area contributed by atoms with E-state index in [1.54, 1.807) is 42.6 Å². The number of hydrogen-bond acceptors (Lipinski definition) is 2. The molecule has 0 unspecified atom stereocenters. The molecule has 0 atom stereocenters. The Kier molecular flexibility index (Phi) is 7.13. The maximum absolute atomic E-state index is 13.5. The molecule has 0 aliphatic carbocycles. The zero-order chi connectivity index (χ0) is 22.5. The molecule has 1 aromatic heterocycles. The minimum absolute atomic E-state index is 0.178. The van der Waals surface area contributed by atoms with Crippen molar-refractivity contribution in [3.8, 4) is 0 Å². The fourth-order valence-electron chi connectivity index (χ4n) is 4.08. The van der Waals surface area contributed by atoms with Crippen LogP contribution >= 0.6 is 23.2 Å². The number of hydrogen-bond donors (Lipinski definition) is 0. The van der Waals surface area contributed by atoms with Gasteiger partial charge in [0.25, 0.3) is 11.5 Å². The lowest BCUT2D eigenvalue weighted by atomic mass is 9.90. The summed E-state index contributed by atoms with van der Waals surface area (Å²) in [5, 5.41) is 0.936. The summed E-state index contributed by atoms with van der Waals surface area (Å²) in [6.45, 7) is 1.31. The van der Waals surface area contributed by atoms with Crippen LogP contribution in [0.25, 0.3) is 11.8 Å². The summed E-state index contributed by atoms with van der Waals surface area (Å²) in [5.41, 5.74) is 1.97. The van der Waals surface area contributed by atoms with E-state index in [0.717, 1.165) is 19.3 Å². The highest BCUT2D eigenvalue weighted by atomic mass is 35.5. The second-order valence-corrected chi connectivity index (χ2v) is 8.87. The van der Waals surface area contributed by atoms with E-state index in [0.29, 0.717) is 34.6 Å². The highest BCUT2D eigenvalue weighted by Gasteiger charge is 2.26. The Labute approximate surface area is 197 Å². The van der Waals surface area contributed by atoms with Gasteiger partial charge in [0.05, 0.1) is 0 Å². The average Bonchev–Trinajstić information content (AvgIpc) is 2.80. The smallest absolute Gasteiger partial charge is 0.270 e. The molecule has 0 N–H and O–H groups in total. The van der Waals surface area contributed by atoms with Gasteiger partial charge in [0, 0.05) is 35.4 Å². The van der Waals surface area contributed by atoms with Gasteiger partial charge < -0.3 is 4.90 Å². The second-order valence-electron chi connectivity index (χ2n) is 8.03. The topological polar surface area (TPSA) is 42.3 Å². The van der Waals surface area contributed by atoms with Crippen LogP contribution in [0.1, 0.15) is 24.0 Å². The van der Waals surface area contributed by atoms with Gasteiger partial charge in [0.2, 0.25) is 0 Å². The molecule has 4 rings (SSSR count). The van der Waals surface area contributed by atoms with Crippen LogP contribution in [0.5, 0.6) is 0 Å². The van der Waals surface area contributed by atoms with Gasteiger partial charge in [-0.1, -0.05) is 65.7 Å². The monoisotopic (exact) mass is 466 g/mol. The Hall–Kier alpha value is -2.82. The van der Waals surface area contributed by atoms with E-state index >= 15 is 0 Å². The average molecular weight is 467 g/mol. The lowest BCUT2D eigenvalue weighted by Crippen LogP contribution is -2.41. The Morgan fingerprint density at radius 1 is 0.969 bits per heavy atom. The van der Waals surface area contributed by atoms with Crippen molar-refractivity contribution in [2.24, 2.45) is 5.92 Å². The predicted molar refractivity (Wildman–Crippen MR) is 131 cm³/mol. The molecule has 3 aromatic rings. The summed E-state index contributed by atoms with van der Waals surface area (Å²) in [7, 11) is 0. The molecule has 6 heteroatoms. The summed E-state index contributed by atoms with van der Waals surface area (Å²) in [6.07, 6.45) is 6.15. The van der Waals surface area contributed by atoms with Crippen molar-refractivity contribution < 1.29 is 4.79 Å². The number of likely N-dealkylation sites (tertiary alicyclic amines) is 1. The highest BCUT2D eigenvalue weighted by molar-refractivity contribution is 6.36. The van der Waals surface area contributed by atoms with E-state index in [1.807, 2.05) is 11.0 Å². The molecule has 1 saturated heterocycles. The van der Waals surface area contributed by atoms with E-state index in [9.17, 15) is 9.59 Å². The number of amides is 1. The first-order valence-corrected chi connectivity index (χ1v) is 11.4. The quantitative estimate of drug-likeness (QED) is 0.456. The van der Waals surface area contributed by atoms with Crippen molar-refractivity contribution in [2.75, 3.05) is 13.1 Å². The van der Waals surface area contributed by atoms with Crippen LogP contribution in [0.2, 0.25) is 10.0 Å². The summed E-state index contributed by atoms with van der Waals surface area (Å²) in [4.78, 5) is 27.9. The number of rotatable bonds is 5. The first-order valence-electron chi connectivity index (χ1n) is 10.7. The number of aromatic nitrogens is 1. The largest absolute Gasteiger partial charge is 0.337 e. The first-order chi connectivity index (χ1) is 15.5. The molecule has 0 spiro atoms. The third kappa shape index (κ3) is 5.32. The van der Waals surface area contributed by atoms with E-state index in [4.69, 9.17) is 23.2 Å².